The van der Waals surface area contributed by atoms with Gasteiger partial charge >= 0.3 is 5.63 Å². The summed E-state index contributed by atoms with van der Waals surface area (Å²) in [6.07, 6.45) is 4.56. The molecule has 2 aromatic rings. The molecule has 0 unspecified atom stereocenters. The second kappa shape index (κ2) is 5.17. The highest BCUT2D eigenvalue weighted by Crippen LogP contribution is 2.21. The lowest BCUT2D eigenvalue weighted by Crippen LogP contribution is -2.04. The average molecular weight is 230 g/mol. The molecule has 0 spiro atoms. The van der Waals surface area contributed by atoms with Crippen molar-refractivity contribution in [1.82, 2.24) is 0 Å². The number of fused-ring (bicyclic) bond motifs is 1. The molecule has 0 radical (unpaired) electrons. The van der Waals surface area contributed by atoms with Crippen LogP contribution < -0.4 is 5.63 Å². The van der Waals surface area contributed by atoms with E-state index in [1.165, 1.54) is 18.4 Å². The lowest BCUT2D eigenvalue weighted by molar-refractivity contribution is 0.479. The standard InChI is InChI=1S/C15H18O2/c1-3-4-5-8-12-11(2)17-15(16)14-10-7-6-9-13(12)14/h6-7,9-10H,3-5,8H2,1-2H3. The molecule has 90 valence electrons. The lowest BCUT2D eigenvalue weighted by atomic mass is 10.0. The number of aryl methyl sites for hydroxylation is 2. The summed E-state index contributed by atoms with van der Waals surface area (Å²) in [6.45, 7) is 4.07. The first kappa shape index (κ1) is 11.9. The molecule has 0 amide bonds. The molecule has 0 aliphatic heterocycles. The molecule has 1 aromatic carbocycles. The zero-order valence-electron chi connectivity index (χ0n) is 10.5. The molecule has 0 fully saturated rings. The van der Waals surface area contributed by atoms with Crippen LogP contribution in [0.2, 0.25) is 0 Å². The van der Waals surface area contributed by atoms with E-state index in [0.717, 1.165) is 24.0 Å². The van der Waals surface area contributed by atoms with Crippen molar-refractivity contribution >= 4 is 10.8 Å². The molecule has 17 heavy (non-hydrogen) atoms. The molecule has 0 N–H and O–H groups in total. The molecule has 1 aromatic heterocycles. The van der Waals surface area contributed by atoms with Crippen molar-refractivity contribution in [1.29, 1.82) is 0 Å². The normalized spacial score (nSPS) is 10.9. The van der Waals surface area contributed by atoms with Gasteiger partial charge in [-0.05, 0) is 36.8 Å². The maximum absolute atomic E-state index is 11.7. The first-order chi connectivity index (χ1) is 8.24. The summed E-state index contributed by atoms with van der Waals surface area (Å²) in [5.41, 5.74) is 0.964. The second-order valence-electron chi connectivity index (χ2n) is 4.43. The van der Waals surface area contributed by atoms with Gasteiger partial charge in [0.05, 0.1) is 5.39 Å². The third-order valence-corrected chi connectivity index (χ3v) is 3.17. The Morgan fingerprint density at radius 2 is 1.82 bits per heavy atom. The van der Waals surface area contributed by atoms with Crippen molar-refractivity contribution in [2.45, 2.75) is 39.5 Å². The van der Waals surface area contributed by atoms with Crippen molar-refractivity contribution < 1.29 is 4.42 Å². The van der Waals surface area contributed by atoms with E-state index >= 15 is 0 Å². The molecular formula is C15H18O2. The Kier molecular flexibility index (Phi) is 3.62. The Balaban J connectivity index is 2.49. The first-order valence-corrected chi connectivity index (χ1v) is 6.25. The van der Waals surface area contributed by atoms with Crippen LogP contribution in [0.3, 0.4) is 0 Å². The highest BCUT2D eigenvalue weighted by atomic mass is 16.4. The fraction of sp³-hybridized carbons (Fsp3) is 0.400. The summed E-state index contributed by atoms with van der Waals surface area (Å²) in [6, 6.07) is 7.71. The van der Waals surface area contributed by atoms with Gasteiger partial charge in [-0.15, -0.1) is 0 Å². The molecule has 2 rings (SSSR count). The molecule has 0 saturated carbocycles. The molecule has 0 atom stereocenters. The van der Waals surface area contributed by atoms with Crippen molar-refractivity contribution in [2.75, 3.05) is 0 Å². The Bertz CT molecular complexity index is 567. The number of hydrogen-bond acceptors (Lipinski definition) is 2. The summed E-state index contributed by atoms with van der Waals surface area (Å²) in [5, 5.41) is 1.75. The van der Waals surface area contributed by atoms with Crippen LogP contribution in [0.1, 0.15) is 37.5 Å². The third-order valence-electron chi connectivity index (χ3n) is 3.17. The van der Waals surface area contributed by atoms with E-state index in [-0.39, 0.29) is 5.63 Å². The number of benzene rings is 1. The van der Waals surface area contributed by atoms with Crippen molar-refractivity contribution in [3.63, 3.8) is 0 Å². The Morgan fingerprint density at radius 3 is 2.53 bits per heavy atom. The highest BCUT2D eigenvalue weighted by molar-refractivity contribution is 5.84. The van der Waals surface area contributed by atoms with Gasteiger partial charge in [-0.25, -0.2) is 4.79 Å². The predicted molar refractivity (Wildman–Crippen MR) is 70.5 cm³/mol. The van der Waals surface area contributed by atoms with Gasteiger partial charge in [0, 0.05) is 0 Å². The fourth-order valence-electron chi connectivity index (χ4n) is 2.23. The van der Waals surface area contributed by atoms with Crippen molar-refractivity contribution in [2.24, 2.45) is 0 Å². The van der Waals surface area contributed by atoms with E-state index in [1.807, 2.05) is 31.2 Å². The zero-order chi connectivity index (χ0) is 12.3. The van der Waals surface area contributed by atoms with Gasteiger partial charge in [-0.3, -0.25) is 0 Å². The highest BCUT2D eigenvalue weighted by Gasteiger charge is 2.09. The second-order valence-corrected chi connectivity index (χ2v) is 4.43. The summed E-state index contributed by atoms with van der Waals surface area (Å²) in [4.78, 5) is 11.7. The van der Waals surface area contributed by atoms with Crippen LogP contribution in [0.5, 0.6) is 0 Å². The average Bonchev–Trinajstić information content (AvgIpc) is 2.33. The van der Waals surface area contributed by atoms with Crippen LogP contribution in [0.4, 0.5) is 0 Å². The summed E-state index contributed by atoms with van der Waals surface area (Å²) >= 11 is 0. The van der Waals surface area contributed by atoms with E-state index in [4.69, 9.17) is 4.42 Å². The molecule has 2 heteroatoms. The topological polar surface area (TPSA) is 30.2 Å². The van der Waals surface area contributed by atoms with Gasteiger partial charge in [0.15, 0.2) is 0 Å². The van der Waals surface area contributed by atoms with E-state index in [9.17, 15) is 4.79 Å². The van der Waals surface area contributed by atoms with E-state index < -0.39 is 0 Å². The van der Waals surface area contributed by atoms with Gasteiger partial charge in [0.25, 0.3) is 0 Å². The number of unbranched alkanes of at least 4 members (excludes halogenated alkanes) is 2. The van der Waals surface area contributed by atoms with Crippen LogP contribution in [0.25, 0.3) is 10.8 Å². The van der Waals surface area contributed by atoms with Gasteiger partial charge < -0.3 is 4.42 Å². The maximum Gasteiger partial charge on any atom is 0.343 e. The monoisotopic (exact) mass is 230 g/mol. The SMILES string of the molecule is CCCCCc1c(C)oc(=O)c2ccccc12. The minimum absolute atomic E-state index is 0.225. The Morgan fingerprint density at radius 1 is 1.12 bits per heavy atom. The first-order valence-electron chi connectivity index (χ1n) is 6.25. The third kappa shape index (κ3) is 2.41. The molecule has 0 aliphatic rings. The van der Waals surface area contributed by atoms with Gasteiger partial charge in [-0.2, -0.15) is 0 Å². The smallest absolute Gasteiger partial charge is 0.343 e. The Labute approximate surface area is 101 Å². The number of hydrogen-bond donors (Lipinski definition) is 0. The maximum atomic E-state index is 11.7. The van der Waals surface area contributed by atoms with Gasteiger partial charge in [-0.1, -0.05) is 38.0 Å². The van der Waals surface area contributed by atoms with Crippen LogP contribution in [-0.2, 0) is 6.42 Å². The van der Waals surface area contributed by atoms with Crippen LogP contribution in [0.15, 0.2) is 33.5 Å². The van der Waals surface area contributed by atoms with E-state index in [2.05, 4.69) is 6.92 Å². The quantitative estimate of drug-likeness (QED) is 0.747. The van der Waals surface area contributed by atoms with Crippen LogP contribution >= 0.6 is 0 Å². The van der Waals surface area contributed by atoms with E-state index in [0.29, 0.717) is 5.39 Å². The van der Waals surface area contributed by atoms with Crippen molar-refractivity contribution in [3.05, 3.63) is 46.0 Å². The molecule has 0 saturated heterocycles. The lowest BCUT2D eigenvalue weighted by Gasteiger charge is -2.08. The molecule has 0 bridgehead atoms. The minimum Gasteiger partial charge on any atom is -0.427 e. The zero-order valence-corrected chi connectivity index (χ0v) is 10.5. The summed E-state index contributed by atoms with van der Waals surface area (Å²) in [5.74, 6) is 0.768. The molecule has 1 heterocycles. The predicted octanol–water partition coefficient (Wildman–Crippen LogP) is 3.83. The van der Waals surface area contributed by atoms with Crippen LogP contribution in [-0.4, -0.2) is 0 Å². The van der Waals surface area contributed by atoms with E-state index in [1.54, 1.807) is 0 Å². The molecule has 2 nitrogen and oxygen atoms in total. The summed E-state index contributed by atoms with van der Waals surface area (Å²) in [7, 11) is 0. The molecular weight excluding hydrogens is 212 g/mol. The largest absolute Gasteiger partial charge is 0.427 e. The van der Waals surface area contributed by atoms with Gasteiger partial charge in [0.1, 0.15) is 5.76 Å². The Hall–Kier alpha value is -1.57. The number of rotatable bonds is 4. The van der Waals surface area contributed by atoms with Crippen LogP contribution in [0, 0.1) is 6.92 Å². The van der Waals surface area contributed by atoms with Crippen molar-refractivity contribution in [3.8, 4) is 0 Å². The molecule has 0 aliphatic carbocycles. The van der Waals surface area contributed by atoms with Gasteiger partial charge in [0.2, 0.25) is 0 Å². The summed E-state index contributed by atoms with van der Waals surface area (Å²) < 4.78 is 5.30. The fourth-order valence-corrected chi connectivity index (χ4v) is 2.23. The minimum atomic E-state index is -0.225.